The summed E-state index contributed by atoms with van der Waals surface area (Å²) in [6.45, 7) is 2.00. The summed E-state index contributed by atoms with van der Waals surface area (Å²) in [6, 6.07) is 21.3. The van der Waals surface area contributed by atoms with Gasteiger partial charge < -0.3 is 29.2 Å². The lowest BCUT2D eigenvalue weighted by Gasteiger charge is -2.17. The Labute approximate surface area is 214 Å². The SMILES string of the molecule is CCOc1ccccc1NC(=O)COC(=O)[C@H]1CC(=O)N(c2ccc(Oc3ccccc3OC)cc2)C1. The van der Waals surface area contributed by atoms with Crippen LogP contribution in [0, 0.1) is 5.92 Å². The van der Waals surface area contributed by atoms with Crippen LogP contribution in [0.5, 0.6) is 23.0 Å². The number of ether oxygens (including phenoxy) is 4. The molecule has 0 bridgehead atoms. The lowest BCUT2D eigenvalue weighted by atomic mass is 10.1. The van der Waals surface area contributed by atoms with Crippen molar-refractivity contribution in [1.29, 1.82) is 0 Å². The van der Waals surface area contributed by atoms with E-state index in [-0.39, 0.29) is 18.9 Å². The standard InChI is InChI=1S/C28H28N2O7/c1-3-35-23-9-5-4-8-22(23)29-26(31)18-36-28(33)19-16-27(32)30(17-19)20-12-14-21(15-13-20)37-25-11-7-6-10-24(25)34-2/h4-15,19H,3,16-18H2,1-2H3,(H,29,31)/t19-/m0/s1. The molecule has 1 aliphatic rings. The second kappa shape index (κ2) is 11.9. The second-order valence-corrected chi connectivity index (χ2v) is 8.24. The molecular weight excluding hydrogens is 476 g/mol. The lowest BCUT2D eigenvalue weighted by molar-refractivity contribution is -0.151. The molecule has 1 atom stereocenters. The van der Waals surface area contributed by atoms with Crippen molar-refractivity contribution in [2.75, 3.05) is 37.1 Å². The average molecular weight is 505 g/mol. The number of nitrogens with zero attached hydrogens (tertiary/aromatic N) is 1. The summed E-state index contributed by atoms with van der Waals surface area (Å²) in [7, 11) is 1.57. The fourth-order valence-corrected chi connectivity index (χ4v) is 3.93. The van der Waals surface area contributed by atoms with E-state index in [9.17, 15) is 14.4 Å². The summed E-state index contributed by atoms with van der Waals surface area (Å²) in [4.78, 5) is 39.0. The van der Waals surface area contributed by atoms with Crippen LogP contribution < -0.4 is 24.4 Å². The minimum absolute atomic E-state index is 0.00704. The van der Waals surface area contributed by atoms with Gasteiger partial charge in [-0.25, -0.2) is 0 Å². The first-order chi connectivity index (χ1) is 18.0. The summed E-state index contributed by atoms with van der Waals surface area (Å²) in [6.07, 6.45) is 0.00704. The van der Waals surface area contributed by atoms with Gasteiger partial charge >= 0.3 is 5.97 Å². The normalized spacial score (nSPS) is 14.7. The fourth-order valence-electron chi connectivity index (χ4n) is 3.93. The van der Waals surface area contributed by atoms with Crippen molar-refractivity contribution in [3.63, 3.8) is 0 Å². The largest absolute Gasteiger partial charge is 0.493 e. The number of carbonyl (C=O) groups excluding carboxylic acids is 3. The number of hydrogen-bond donors (Lipinski definition) is 1. The van der Waals surface area contributed by atoms with Gasteiger partial charge in [-0.2, -0.15) is 0 Å². The van der Waals surface area contributed by atoms with E-state index in [0.29, 0.717) is 41.0 Å². The predicted molar refractivity (Wildman–Crippen MR) is 137 cm³/mol. The van der Waals surface area contributed by atoms with Gasteiger partial charge in [-0.1, -0.05) is 24.3 Å². The van der Waals surface area contributed by atoms with Crippen molar-refractivity contribution in [3.05, 3.63) is 72.8 Å². The van der Waals surface area contributed by atoms with Crippen LogP contribution in [0.15, 0.2) is 72.8 Å². The molecule has 3 aromatic carbocycles. The highest BCUT2D eigenvalue weighted by Gasteiger charge is 2.36. The first-order valence-corrected chi connectivity index (χ1v) is 11.9. The Morgan fingerprint density at radius 3 is 2.32 bits per heavy atom. The molecule has 192 valence electrons. The number of nitrogens with one attached hydrogen (secondary N) is 1. The van der Waals surface area contributed by atoms with Crippen molar-refractivity contribution in [2.24, 2.45) is 5.92 Å². The van der Waals surface area contributed by atoms with Crippen molar-refractivity contribution >= 4 is 29.2 Å². The first kappa shape index (κ1) is 25.6. The highest BCUT2D eigenvalue weighted by molar-refractivity contribution is 6.00. The highest BCUT2D eigenvalue weighted by Crippen LogP contribution is 2.33. The van der Waals surface area contributed by atoms with Crippen LogP contribution >= 0.6 is 0 Å². The number of methoxy groups -OCH3 is 1. The molecule has 1 heterocycles. The second-order valence-electron chi connectivity index (χ2n) is 8.24. The van der Waals surface area contributed by atoms with Crippen LogP contribution in [0.25, 0.3) is 0 Å². The number of benzene rings is 3. The number of amides is 2. The topological polar surface area (TPSA) is 103 Å². The van der Waals surface area contributed by atoms with Crippen LogP contribution in [-0.4, -0.2) is 44.7 Å². The zero-order valence-corrected chi connectivity index (χ0v) is 20.6. The van der Waals surface area contributed by atoms with E-state index in [2.05, 4.69) is 5.32 Å². The molecule has 1 fully saturated rings. The van der Waals surface area contributed by atoms with Gasteiger partial charge in [0.2, 0.25) is 5.91 Å². The Morgan fingerprint density at radius 2 is 1.62 bits per heavy atom. The molecule has 37 heavy (non-hydrogen) atoms. The number of hydrogen-bond acceptors (Lipinski definition) is 7. The van der Waals surface area contributed by atoms with Crippen molar-refractivity contribution in [2.45, 2.75) is 13.3 Å². The van der Waals surface area contributed by atoms with Crippen LogP contribution in [0.3, 0.4) is 0 Å². The molecule has 4 rings (SSSR count). The molecule has 1 aliphatic heterocycles. The molecule has 3 aromatic rings. The number of rotatable bonds is 10. The third kappa shape index (κ3) is 6.38. The van der Waals surface area contributed by atoms with Gasteiger partial charge in [-0.05, 0) is 55.5 Å². The quantitative estimate of drug-likeness (QED) is 0.408. The summed E-state index contributed by atoms with van der Waals surface area (Å²) >= 11 is 0. The summed E-state index contributed by atoms with van der Waals surface area (Å²) < 4.78 is 21.8. The number of anilines is 2. The third-order valence-electron chi connectivity index (χ3n) is 5.71. The summed E-state index contributed by atoms with van der Waals surface area (Å²) in [5, 5.41) is 2.68. The fraction of sp³-hybridized carbons (Fsp3) is 0.250. The van der Waals surface area contributed by atoms with Crippen molar-refractivity contribution < 1.29 is 33.3 Å². The van der Waals surface area contributed by atoms with E-state index in [4.69, 9.17) is 18.9 Å². The molecule has 9 heteroatoms. The van der Waals surface area contributed by atoms with Gasteiger partial charge in [-0.15, -0.1) is 0 Å². The molecule has 1 saturated heterocycles. The molecule has 2 amide bonds. The average Bonchev–Trinajstić information content (AvgIpc) is 3.31. The maximum atomic E-state index is 12.6. The van der Waals surface area contributed by atoms with Gasteiger partial charge in [0.25, 0.3) is 5.91 Å². The van der Waals surface area contributed by atoms with Gasteiger partial charge in [0.1, 0.15) is 11.5 Å². The molecule has 0 spiro atoms. The third-order valence-corrected chi connectivity index (χ3v) is 5.71. The summed E-state index contributed by atoms with van der Waals surface area (Å²) in [5.41, 5.74) is 1.13. The van der Waals surface area contributed by atoms with Gasteiger partial charge in [0.15, 0.2) is 18.1 Å². The maximum Gasteiger partial charge on any atom is 0.311 e. The van der Waals surface area contributed by atoms with Gasteiger partial charge in [-0.3, -0.25) is 14.4 Å². The monoisotopic (exact) mass is 504 g/mol. The Bertz CT molecular complexity index is 1260. The summed E-state index contributed by atoms with van der Waals surface area (Å²) in [5.74, 6) is 0.329. The van der Waals surface area contributed by atoms with E-state index in [1.807, 2.05) is 19.1 Å². The number of para-hydroxylation sites is 4. The zero-order chi connectivity index (χ0) is 26.2. The molecule has 1 N–H and O–H groups in total. The molecule has 0 unspecified atom stereocenters. The van der Waals surface area contributed by atoms with Crippen LogP contribution in [0.1, 0.15) is 13.3 Å². The first-order valence-electron chi connectivity index (χ1n) is 11.9. The highest BCUT2D eigenvalue weighted by atomic mass is 16.5. The minimum Gasteiger partial charge on any atom is -0.493 e. The zero-order valence-electron chi connectivity index (χ0n) is 20.6. The Hall–Kier alpha value is -4.53. The smallest absolute Gasteiger partial charge is 0.311 e. The lowest BCUT2D eigenvalue weighted by Crippen LogP contribution is -2.28. The van der Waals surface area contributed by atoms with Crippen molar-refractivity contribution in [1.82, 2.24) is 0 Å². The Morgan fingerprint density at radius 1 is 0.946 bits per heavy atom. The van der Waals surface area contributed by atoms with E-state index in [1.165, 1.54) is 4.90 Å². The van der Waals surface area contributed by atoms with Crippen LogP contribution in [0.4, 0.5) is 11.4 Å². The van der Waals surface area contributed by atoms with E-state index < -0.39 is 24.4 Å². The molecule has 0 radical (unpaired) electrons. The Balaban J connectivity index is 1.30. The van der Waals surface area contributed by atoms with Crippen molar-refractivity contribution in [3.8, 4) is 23.0 Å². The predicted octanol–water partition coefficient (Wildman–Crippen LogP) is 4.42. The van der Waals surface area contributed by atoms with Gasteiger partial charge in [0.05, 0.1) is 25.3 Å². The molecule has 0 saturated carbocycles. The van der Waals surface area contributed by atoms with E-state index >= 15 is 0 Å². The Kier molecular flexibility index (Phi) is 8.25. The maximum absolute atomic E-state index is 12.6. The number of carbonyl (C=O) groups is 3. The molecular formula is C28H28N2O7. The van der Waals surface area contributed by atoms with E-state index in [0.717, 1.165) is 0 Å². The number of esters is 1. The molecule has 0 aromatic heterocycles. The minimum atomic E-state index is -0.666. The van der Waals surface area contributed by atoms with Crippen LogP contribution in [0.2, 0.25) is 0 Å². The molecule has 0 aliphatic carbocycles. The van der Waals surface area contributed by atoms with Crippen LogP contribution in [-0.2, 0) is 19.1 Å². The van der Waals surface area contributed by atoms with Gasteiger partial charge in [0, 0.05) is 18.7 Å². The van der Waals surface area contributed by atoms with E-state index in [1.54, 1.807) is 67.8 Å². The molecule has 9 nitrogen and oxygen atoms in total.